The molecule has 7 heteroatoms. The molecule has 0 amide bonds. The lowest BCUT2D eigenvalue weighted by molar-refractivity contribution is 0.499. The Kier molecular flexibility index (Phi) is 1.93. The van der Waals surface area contributed by atoms with Crippen LogP contribution in [0.5, 0.6) is 0 Å². The first-order chi connectivity index (χ1) is 8.04. The highest BCUT2D eigenvalue weighted by molar-refractivity contribution is 5.84. The fourth-order valence-corrected chi connectivity index (χ4v) is 1.81. The monoisotopic (exact) mass is 231 g/mol. The normalized spacial score (nSPS) is 12.6. The topological polar surface area (TPSA) is 97.8 Å². The summed E-state index contributed by atoms with van der Waals surface area (Å²) in [4.78, 5) is 11.3. The Morgan fingerprint density at radius 2 is 2.18 bits per heavy atom. The van der Waals surface area contributed by atoms with Crippen molar-refractivity contribution in [2.24, 2.45) is 5.73 Å². The van der Waals surface area contributed by atoms with Gasteiger partial charge in [-0.2, -0.15) is 0 Å². The van der Waals surface area contributed by atoms with E-state index in [2.05, 4.69) is 25.1 Å². The molecular formula is C10H13N7. The van der Waals surface area contributed by atoms with E-state index in [1.807, 2.05) is 18.2 Å². The van der Waals surface area contributed by atoms with Crippen molar-refractivity contribution in [2.45, 2.75) is 25.8 Å². The van der Waals surface area contributed by atoms with Gasteiger partial charge in [0.1, 0.15) is 17.7 Å². The molecule has 3 heterocycles. The van der Waals surface area contributed by atoms with Crippen LogP contribution in [0.4, 0.5) is 0 Å². The Bertz CT molecular complexity index is 673. The van der Waals surface area contributed by atoms with Gasteiger partial charge in [-0.15, -0.1) is 10.2 Å². The van der Waals surface area contributed by atoms with Gasteiger partial charge < -0.3 is 10.7 Å². The number of imidazole rings is 1. The highest BCUT2D eigenvalue weighted by Crippen LogP contribution is 2.15. The molecule has 0 atom stereocenters. The van der Waals surface area contributed by atoms with Crippen LogP contribution >= 0.6 is 0 Å². The fraction of sp³-hybridized carbons (Fsp3) is 0.400. The maximum atomic E-state index is 5.99. The standard InChI is InChI=1S/C10H13N7/c1-10(2,11)3-6-15-16-9-7-8(13-4-12-7)14-5-17(6)9/h4-5H,3,11H2,1-2H3,(H,12,13). The summed E-state index contributed by atoms with van der Waals surface area (Å²) in [6, 6.07) is 0. The third kappa shape index (κ3) is 1.64. The maximum Gasteiger partial charge on any atom is 0.189 e. The Hall–Kier alpha value is -2.02. The highest BCUT2D eigenvalue weighted by atomic mass is 15.3. The number of hydrogen-bond acceptors (Lipinski definition) is 5. The van der Waals surface area contributed by atoms with Gasteiger partial charge in [0.05, 0.1) is 6.33 Å². The maximum absolute atomic E-state index is 5.99. The molecule has 3 aromatic heterocycles. The number of rotatable bonds is 2. The molecule has 88 valence electrons. The Morgan fingerprint density at radius 1 is 1.35 bits per heavy atom. The average molecular weight is 231 g/mol. The van der Waals surface area contributed by atoms with Gasteiger partial charge in [-0.1, -0.05) is 0 Å². The first kappa shape index (κ1) is 10.2. The van der Waals surface area contributed by atoms with Crippen LogP contribution in [0, 0.1) is 0 Å². The zero-order valence-corrected chi connectivity index (χ0v) is 9.68. The van der Waals surface area contributed by atoms with Gasteiger partial charge in [-0.05, 0) is 13.8 Å². The lowest BCUT2D eigenvalue weighted by Gasteiger charge is -2.16. The number of hydrogen-bond donors (Lipinski definition) is 2. The number of nitrogens with one attached hydrogen (secondary N) is 1. The van der Waals surface area contributed by atoms with Gasteiger partial charge in [-0.3, -0.25) is 4.40 Å². The molecule has 3 N–H and O–H groups in total. The van der Waals surface area contributed by atoms with E-state index in [4.69, 9.17) is 5.73 Å². The van der Waals surface area contributed by atoms with E-state index < -0.39 is 0 Å². The van der Waals surface area contributed by atoms with Crippen molar-refractivity contribution in [1.29, 1.82) is 0 Å². The van der Waals surface area contributed by atoms with Crippen molar-refractivity contribution in [3.63, 3.8) is 0 Å². The molecule has 0 radical (unpaired) electrons. The smallest absolute Gasteiger partial charge is 0.189 e. The lowest BCUT2D eigenvalue weighted by Crippen LogP contribution is -2.35. The highest BCUT2D eigenvalue weighted by Gasteiger charge is 2.18. The molecule has 0 saturated heterocycles. The van der Waals surface area contributed by atoms with Gasteiger partial charge in [0.15, 0.2) is 11.3 Å². The van der Waals surface area contributed by atoms with Crippen LogP contribution in [-0.2, 0) is 6.42 Å². The van der Waals surface area contributed by atoms with Crippen molar-refractivity contribution in [2.75, 3.05) is 0 Å². The molecule has 0 unspecified atom stereocenters. The van der Waals surface area contributed by atoms with E-state index in [-0.39, 0.29) is 5.54 Å². The van der Waals surface area contributed by atoms with Crippen LogP contribution in [0.3, 0.4) is 0 Å². The van der Waals surface area contributed by atoms with Crippen molar-refractivity contribution in [3.8, 4) is 0 Å². The summed E-state index contributed by atoms with van der Waals surface area (Å²) < 4.78 is 1.84. The molecule has 3 rings (SSSR count). The van der Waals surface area contributed by atoms with Crippen molar-refractivity contribution in [3.05, 3.63) is 18.5 Å². The van der Waals surface area contributed by atoms with Crippen LogP contribution < -0.4 is 5.73 Å². The second-order valence-corrected chi connectivity index (χ2v) is 4.82. The van der Waals surface area contributed by atoms with Gasteiger partial charge >= 0.3 is 0 Å². The molecule has 0 aliphatic carbocycles. The number of H-pyrrole nitrogens is 1. The van der Waals surface area contributed by atoms with Gasteiger partial charge in [0.2, 0.25) is 0 Å². The minimum atomic E-state index is -0.327. The summed E-state index contributed by atoms with van der Waals surface area (Å²) in [5.41, 5.74) is 7.82. The predicted octanol–water partition coefficient (Wildman–Crippen LogP) is 0.280. The molecule has 0 saturated carbocycles. The molecule has 0 aliphatic rings. The second kappa shape index (κ2) is 3.24. The second-order valence-electron chi connectivity index (χ2n) is 4.82. The van der Waals surface area contributed by atoms with Crippen molar-refractivity contribution in [1.82, 2.24) is 29.5 Å². The predicted molar refractivity (Wildman–Crippen MR) is 62.4 cm³/mol. The summed E-state index contributed by atoms with van der Waals surface area (Å²) in [6.07, 6.45) is 3.91. The molecule has 0 fully saturated rings. The minimum absolute atomic E-state index is 0.327. The zero-order chi connectivity index (χ0) is 12.0. The lowest BCUT2D eigenvalue weighted by atomic mass is 10.0. The van der Waals surface area contributed by atoms with E-state index in [1.165, 1.54) is 0 Å². The quantitative estimate of drug-likeness (QED) is 0.660. The summed E-state index contributed by atoms with van der Waals surface area (Å²) in [6.45, 7) is 3.91. The van der Waals surface area contributed by atoms with Gasteiger partial charge in [0.25, 0.3) is 0 Å². The Morgan fingerprint density at radius 3 is 2.94 bits per heavy atom. The van der Waals surface area contributed by atoms with Crippen LogP contribution in [-0.4, -0.2) is 35.1 Å². The molecule has 0 bridgehead atoms. The number of fused-ring (bicyclic) bond motifs is 3. The molecule has 7 nitrogen and oxygen atoms in total. The first-order valence-electron chi connectivity index (χ1n) is 5.35. The van der Waals surface area contributed by atoms with Crippen LogP contribution in [0.2, 0.25) is 0 Å². The van der Waals surface area contributed by atoms with Crippen molar-refractivity contribution >= 4 is 16.8 Å². The summed E-state index contributed by atoms with van der Waals surface area (Å²) >= 11 is 0. The molecule has 17 heavy (non-hydrogen) atoms. The van der Waals surface area contributed by atoms with Crippen molar-refractivity contribution < 1.29 is 0 Å². The molecule has 0 spiro atoms. The third-order valence-corrected chi connectivity index (χ3v) is 2.52. The number of nitrogens with zero attached hydrogens (tertiary/aromatic N) is 5. The van der Waals surface area contributed by atoms with E-state index in [0.29, 0.717) is 12.1 Å². The molecule has 3 aromatic rings. The Labute approximate surface area is 97.1 Å². The van der Waals surface area contributed by atoms with Gasteiger partial charge in [0, 0.05) is 12.0 Å². The van der Waals surface area contributed by atoms with E-state index >= 15 is 0 Å². The summed E-state index contributed by atoms with van der Waals surface area (Å²) in [5.74, 6) is 0.802. The number of aromatic nitrogens is 6. The zero-order valence-electron chi connectivity index (χ0n) is 9.68. The summed E-state index contributed by atoms with van der Waals surface area (Å²) in [7, 11) is 0. The fourth-order valence-electron chi connectivity index (χ4n) is 1.81. The molecule has 0 aromatic carbocycles. The van der Waals surface area contributed by atoms with Crippen LogP contribution in [0.1, 0.15) is 19.7 Å². The van der Waals surface area contributed by atoms with Gasteiger partial charge in [-0.25, -0.2) is 9.97 Å². The number of nitrogens with two attached hydrogens (primary N) is 1. The minimum Gasteiger partial charge on any atom is -0.340 e. The van der Waals surface area contributed by atoms with E-state index in [1.54, 1.807) is 12.7 Å². The van der Waals surface area contributed by atoms with E-state index in [0.717, 1.165) is 17.0 Å². The average Bonchev–Trinajstić information content (AvgIpc) is 2.81. The first-order valence-corrected chi connectivity index (χ1v) is 5.35. The molecular weight excluding hydrogens is 218 g/mol. The SMILES string of the molecule is CC(C)(N)Cc1nnc2c3[nH]cnc3ncn12. The molecule has 0 aliphatic heterocycles. The van der Waals surface area contributed by atoms with Crippen LogP contribution in [0.25, 0.3) is 16.8 Å². The third-order valence-electron chi connectivity index (χ3n) is 2.52. The van der Waals surface area contributed by atoms with Crippen LogP contribution in [0.15, 0.2) is 12.7 Å². The van der Waals surface area contributed by atoms with E-state index in [9.17, 15) is 0 Å². The summed E-state index contributed by atoms with van der Waals surface area (Å²) in [5, 5.41) is 8.30. The Balaban J connectivity index is 2.22. The largest absolute Gasteiger partial charge is 0.340 e. The number of aromatic amines is 1.